The zero-order chi connectivity index (χ0) is 20.3. The molecule has 2 saturated carbocycles. The van der Waals surface area contributed by atoms with Gasteiger partial charge < -0.3 is 19.3 Å². The first-order chi connectivity index (χ1) is 13.1. The molecule has 3 fully saturated rings. The topological polar surface area (TPSA) is 82.1 Å². The fourth-order valence-corrected chi connectivity index (χ4v) is 6.94. The van der Waals surface area contributed by atoms with E-state index in [0.717, 1.165) is 19.3 Å². The van der Waals surface area contributed by atoms with Gasteiger partial charge in [-0.3, -0.25) is 4.79 Å². The summed E-state index contributed by atoms with van der Waals surface area (Å²) in [4.78, 5) is 23.2. The molecule has 6 heteroatoms. The van der Waals surface area contributed by atoms with Crippen LogP contribution < -0.4 is 0 Å². The van der Waals surface area contributed by atoms with Crippen LogP contribution in [0.4, 0.5) is 0 Å². The van der Waals surface area contributed by atoms with Gasteiger partial charge in [-0.15, -0.1) is 0 Å². The van der Waals surface area contributed by atoms with Crippen molar-refractivity contribution in [2.75, 3.05) is 6.61 Å². The summed E-state index contributed by atoms with van der Waals surface area (Å²) in [7, 11) is 0. The molecular formula is C22H32O6. The molecule has 1 N–H and O–H groups in total. The fourth-order valence-electron chi connectivity index (χ4n) is 6.94. The standard InChI is InChI=1S/C22H32O6/c1-13(23)26-12-22-9-6-16-20(2,3)7-5-8-21(16,4)17(22)11-15(28-22)14-10-18(24)27-19(14)25/h10,15-17,19,25H,5-9,11-12H2,1-4H3/t15-,16-,17+,19+,21-,22-/m0/s1. The van der Waals surface area contributed by atoms with Gasteiger partial charge in [0.05, 0.1) is 6.10 Å². The van der Waals surface area contributed by atoms with Crippen LogP contribution in [0, 0.1) is 22.7 Å². The second-order valence-electron chi connectivity index (χ2n) is 10.1. The average molecular weight is 392 g/mol. The minimum Gasteiger partial charge on any atom is -0.463 e. The predicted octanol–water partition coefficient (Wildman–Crippen LogP) is 3.12. The van der Waals surface area contributed by atoms with Crippen molar-refractivity contribution in [1.82, 2.24) is 0 Å². The van der Waals surface area contributed by atoms with Crippen LogP contribution in [0.25, 0.3) is 0 Å². The lowest BCUT2D eigenvalue weighted by Gasteiger charge is -2.60. The van der Waals surface area contributed by atoms with Crippen LogP contribution in [-0.2, 0) is 23.8 Å². The normalized spacial score (nSPS) is 44.3. The number of aliphatic hydroxyl groups excluding tert-OH is 1. The summed E-state index contributed by atoms with van der Waals surface area (Å²) < 4.78 is 16.9. The number of fused-ring (bicyclic) bond motifs is 3. The highest BCUT2D eigenvalue weighted by Gasteiger charge is 2.64. The van der Waals surface area contributed by atoms with Crippen molar-refractivity contribution in [3.05, 3.63) is 11.6 Å². The van der Waals surface area contributed by atoms with Crippen molar-refractivity contribution in [2.24, 2.45) is 22.7 Å². The van der Waals surface area contributed by atoms with Crippen LogP contribution in [0.2, 0.25) is 0 Å². The minimum atomic E-state index is -1.24. The maximum Gasteiger partial charge on any atom is 0.333 e. The first-order valence-corrected chi connectivity index (χ1v) is 10.5. The summed E-state index contributed by atoms with van der Waals surface area (Å²) in [5.41, 5.74) is 0.270. The maximum atomic E-state index is 11.6. The van der Waals surface area contributed by atoms with Gasteiger partial charge in [0.15, 0.2) is 0 Å². The van der Waals surface area contributed by atoms with Gasteiger partial charge in [0.1, 0.15) is 12.2 Å². The van der Waals surface area contributed by atoms with E-state index in [9.17, 15) is 14.7 Å². The number of aliphatic hydroxyl groups is 1. The summed E-state index contributed by atoms with van der Waals surface area (Å²) in [6, 6.07) is 0. The van der Waals surface area contributed by atoms with E-state index in [1.54, 1.807) is 0 Å². The van der Waals surface area contributed by atoms with E-state index >= 15 is 0 Å². The summed E-state index contributed by atoms with van der Waals surface area (Å²) in [6.45, 7) is 8.77. The number of carbonyl (C=O) groups excluding carboxylic acids is 2. The van der Waals surface area contributed by atoms with Gasteiger partial charge in [0, 0.05) is 18.6 Å². The van der Waals surface area contributed by atoms with Crippen LogP contribution in [0.5, 0.6) is 0 Å². The number of hydrogen-bond acceptors (Lipinski definition) is 6. The molecule has 0 aromatic heterocycles. The molecule has 0 aromatic rings. The van der Waals surface area contributed by atoms with E-state index in [1.165, 1.54) is 25.8 Å². The number of ether oxygens (including phenoxy) is 3. The van der Waals surface area contributed by atoms with Gasteiger partial charge in [-0.2, -0.15) is 0 Å². The highest BCUT2D eigenvalue weighted by molar-refractivity contribution is 5.85. The van der Waals surface area contributed by atoms with Gasteiger partial charge in [0.2, 0.25) is 6.29 Å². The molecule has 4 aliphatic rings. The minimum absolute atomic E-state index is 0.0733. The molecule has 156 valence electrons. The summed E-state index contributed by atoms with van der Waals surface area (Å²) >= 11 is 0. The Labute approximate surface area is 166 Å². The van der Waals surface area contributed by atoms with Crippen LogP contribution in [-0.4, -0.2) is 41.6 Å². The smallest absolute Gasteiger partial charge is 0.333 e. The summed E-state index contributed by atoms with van der Waals surface area (Å²) in [6.07, 6.45) is 5.83. The Bertz CT molecular complexity index is 712. The van der Waals surface area contributed by atoms with Crippen molar-refractivity contribution in [3.8, 4) is 0 Å². The average Bonchev–Trinajstić information content (AvgIpc) is 3.13. The monoisotopic (exact) mass is 392 g/mol. The maximum absolute atomic E-state index is 11.6. The second-order valence-corrected chi connectivity index (χ2v) is 10.1. The van der Waals surface area contributed by atoms with Crippen molar-refractivity contribution < 1.29 is 28.9 Å². The Balaban J connectivity index is 1.69. The van der Waals surface area contributed by atoms with Gasteiger partial charge in [-0.25, -0.2) is 4.79 Å². The Morgan fingerprint density at radius 2 is 2.00 bits per heavy atom. The number of carbonyl (C=O) groups is 2. The third kappa shape index (κ3) is 3.00. The van der Waals surface area contributed by atoms with Gasteiger partial charge in [0.25, 0.3) is 0 Å². The number of esters is 2. The highest BCUT2D eigenvalue weighted by Crippen LogP contribution is 2.66. The third-order valence-corrected chi connectivity index (χ3v) is 8.08. The van der Waals surface area contributed by atoms with Crippen LogP contribution >= 0.6 is 0 Å². The molecule has 6 atom stereocenters. The van der Waals surface area contributed by atoms with Crippen LogP contribution in [0.15, 0.2) is 11.6 Å². The van der Waals surface area contributed by atoms with E-state index in [4.69, 9.17) is 14.2 Å². The lowest BCUT2D eigenvalue weighted by Crippen LogP contribution is -2.58. The fraction of sp³-hybridized carbons (Fsp3) is 0.818. The van der Waals surface area contributed by atoms with Gasteiger partial charge in [-0.05, 0) is 54.8 Å². The third-order valence-electron chi connectivity index (χ3n) is 8.08. The molecule has 0 unspecified atom stereocenters. The SMILES string of the molecule is CC(=O)OC[C@@]12CC[C@H]3C(C)(C)CCC[C@]3(C)[C@H]1C[C@@H](C1=CC(=O)O[C@H]1O)O2. The Kier molecular flexibility index (Phi) is 4.66. The molecule has 0 bridgehead atoms. The Hall–Kier alpha value is -1.40. The summed E-state index contributed by atoms with van der Waals surface area (Å²) in [5, 5.41) is 10.2. The van der Waals surface area contributed by atoms with Gasteiger partial charge >= 0.3 is 11.9 Å². The van der Waals surface area contributed by atoms with E-state index < -0.39 is 17.9 Å². The highest BCUT2D eigenvalue weighted by atomic mass is 16.6. The number of hydrogen-bond donors (Lipinski definition) is 1. The molecule has 0 amide bonds. The van der Waals surface area contributed by atoms with E-state index in [-0.39, 0.29) is 35.4 Å². The molecule has 28 heavy (non-hydrogen) atoms. The Morgan fingerprint density at radius 3 is 2.64 bits per heavy atom. The molecule has 2 aliphatic heterocycles. The molecule has 0 spiro atoms. The van der Waals surface area contributed by atoms with E-state index in [0.29, 0.717) is 17.9 Å². The van der Waals surface area contributed by atoms with Crippen LogP contribution in [0.3, 0.4) is 0 Å². The quantitative estimate of drug-likeness (QED) is 0.743. The first kappa shape index (κ1) is 19.9. The lowest BCUT2D eigenvalue weighted by atomic mass is 9.45. The van der Waals surface area contributed by atoms with Crippen LogP contribution in [0.1, 0.15) is 66.2 Å². The lowest BCUT2D eigenvalue weighted by molar-refractivity contribution is -0.190. The Morgan fingerprint density at radius 1 is 1.25 bits per heavy atom. The van der Waals surface area contributed by atoms with Crippen molar-refractivity contribution in [2.45, 2.75) is 84.2 Å². The molecular weight excluding hydrogens is 360 g/mol. The molecule has 6 nitrogen and oxygen atoms in total. The molecule has 1 saturated heterocycles. The number of cyclic esters (lactones) is 1. The molecule has 2 heterocycles. The van der Waals surface area contributed by atoms with Crippen molar-refractivity contribution in [1.29, 1.82) is 0 Å². The van der Waals surface area contributed by atoms with Gasteiger partial charge in [-0.1, -0.05) is 27.2 Å². The van der Waals surface area contributed by atoms with Crippen molar-refractivity contribution in [3.63, 3.8) is 0 Å². The van der Waals surface area contributed by atoms with E-state index in [1.807, 2.05) is 0 Å². The zero-order valence-electron chi connectivity index (χ0n) is 17.3. The van der Waals surface area contributed by atoms with E-state index in [2.05, 4.69) is 20.8 Å². The second kappa shape index (κ2) is 6.56. The largest absolute Gasteiger partial charge is 0.463 e. The molecule has 2 aliphatic carbocycles. The predicted molar refractivity (Wildman–Crippen MR) is 101 cm³/mol. The molecule has 4 rings (SSSR count). The number of rotatable bonds is 3. The molecule has 0 radical (unpaired) electrons. The first-order valence-electron chi connectivity index (χ1n) is 10.5. The summed E-state index contributed by atoms with van der Waals surface area (Å²) in [5.74, 6) is -0.0636. The molecule has 0 aromatic carbocycles. The van der Waals surface area contributed by atoms with Crippen molar-refractivity contribution >= 4 is 11.9 Å². The zero-order valence-corrected chi connectivity index (χ0v) is 17.3.